The lowest BCUT2D eigenvalue weighted by Gasteiger charge is -2.15. The summed E-state index contributed by atoms with van der Waals surface area (Å²) in [6.45, 7) is 2.32. The lowest BCUT2D eigenvalue weighted by Crippen LogP contribution is -2.34. The fourth-order valence-electron chi connectivity index (χ4n) is 3.36. The molecule has 30 heavy (non-hydrogen) atoms. The van der Waals surface area contributed by atoms with E-state index in [4.69, 9.17) is 4.74 Å². The number of thiophene rings is 1. The van der Waals surface area contributed by atoms with Crippen molar-refractivity contribution in [1.29, 1.82) is 0 Å². The first-order valence-corrected chi connectivity index (χ1v) is 10.6. The van der Waals surface area contributed by atoms with Crippen LogP contribution in [0.3, 0.4) is 0 Å². The first-order chi connectivity index (χ1) is 14.6. The standard InChI is InChI=1S/C24H22N2O3S/c1-16-5-9-18(10-6-16)25-22-21(20-4-3-15-30-20)23(27)26(24(22)28)14-13-17-7-11-19(29-2)12-8-17/h3-12,15,25H,13-14H2,1-2H3. The second-order valence-corrected chi connectivity index (χ2v) is 8.03. The van der Waals surface area contributed by atoms with Crippen LogP contribution in [0.25, 0.3) is 5.57 Å². The number of nitrogens with zero attached hydrogens (tertiary/aromatic N) is 1. The van der Waals surface area contributed by atoms with E-state index in [9.17, 15) is 9.59 Å². The number of aryl methyl sites for hydroxylation is 1. The number of rotatable bonds is 7. The molecule has 0 unspecified atom stereocenters. The SMILES string of the molecule is COc1ccc(CCN2C(=O)C(Nc3ccc(C)cc3)=C(c3cccs3)C2=O)cc1. The molecular formula is C24H22N2O3S. The van der Waals surface area contributed by atoms with Gasteiger partial charge in [-0.3, -0.25) is 14.5 Å². The molecular weight excluding hydrogens is 396 g/mol. The first-order valence-electron chi connectivity index (χ1n) is 9.68. The molecule has 4 rings (SSSR count). The summed E-state index contributed by atoms with van der Waals surface area (Å²) in [6, 6.07) is 19.2. The van der Waals surface area contributed by atoms with E-state index in [1.165, 1.54) is 16.2 Å². The fourth-order valence-corrected chi connectivity index (χ4v) is 4.13. The molecule has 0 bridgehead atoms. The Morgan fingerprint density at radius 1 is 0.967 bits per heavy atom. The van der Waals surface area contributed by atoms with E-state index >= 15 is 0 Å². The number of hydrogen-bond acceptors (Lipinski definition) is 5. The van der Waals surface area contributed by atoms with Crippen LogP contribution < -0.4 is 10.1 Å². The molecule has 5 nitrogen and oxygen atoms in total. The largest absolute Gasteiger partial charge is 0.497 e. The highest BCUT2D eigenvalue weighted by Crippen LogP contribution is 2.33. The number of methoxy groups -OCH3 is 1. The fraction of sp³-hybridized carbons (Fsp3) is 0.167. The third kappa shape index (κ3) is 4.00. The van der Waals surface area contributed by atoms with Gasteiger partial charge in [-0.15, -0.1) is 11.3 Å². The summed E-state index contributed by atoms with van der Waals surface area (Å²) in [5.41, 5.74) is 3.71. The van der Waals surface area contributed by atoms with Crippen LogP contribution >= 0.6 is 11.3 Å². The zero-order valence-corrected chi connectivity index (χ0v) is 17.7. The molecule has 0 aliphatic carbocycles. The van der Waals surface area contributed by atoms with Crippen LogP contribution in [-0.2, 0) is 16.0 Å². The van der Waals surface area contributed by atoms with Gasteiger partial charge in [0.2, 0.25) is 0 Å². The predicted octanol–water partition coefficient (Wildman–Crippen LogP) is 4.50. The van der Waals surface area contributed by atoms with E-state index in [0.717, 1.165) is 27.4 Å². The van der Waals surface area contributed by atoms with Crippen molar-refractivity contribution in [3.8, 4) is 5.75 Å². The van der Waals surface area contributed by atoms with Gasteiger partial charge in [-0.2, -0.15) is 0 Å². The first kappa shape index (κ1) is 19.9. The normalized spacial score (nSPS) is 13.9. The molecule has 0 saturated carbocycles. The lowest BCUT2D eigenvalue weighted by molar-refractivity contribution is -0.136. The Morgan fingerprint density at radius 3 is 2.33 bits per heavy atom. The number of hydrogen-bond donors (Lipinski definition) is 1. The van der Waals surface area contributed by atoms with Gasteiger partial charge < -0.3 is 10.1 Å². The van der Waals surface area contributed by atoms with Crippen LogP contribution in [0.1, 0.15) is 16.0 Å². The summed E-state index contributed by atoms with van der Waals surface area (Å²) < 4.78 is 5.18. The highest BCUT2D eigenvalue weighted by molar-refractivity contribution is 7.11. The van der Waals surface area contributed by atoms with Crippen LogP contribution in [0.15, 0.2) is 71.7 Å². The summed E-state index contributed by atoms with van der Waals surface area (Å²) in [5, 5.41) is 5.09. The van der Waals surface area contributed by atoms with Gasteiger partial charge in [-0.25, -0.2) is 0 Å². The van der Waals surface area contributed by atoms with E-state index in [1.807, 2.05) is 73.0 Å². The Hall–Kier alpha value is -3.38. The molecule has 0 spiro atoms. The topological polar surface area (TPSA) is 58.6 Å². The van der Waals surface area contributed by atoms with E-state index < -0.39 is 0 Å². The second kappa shape index (κ2) is 8.55. The minimum Gasteiger partial charge on any atom is -0.497 e. The number of nitrogens with one attached hydrogen (secondary N) is 1. The number of carbonyl (C=O) groups excluding carboxylic acids is 2. The van der Waals surface area contributed by atoms with Crippen molar-refractivity contribution in [1.82, 2.24) is 4.90 Å². The van der Waals surface area contributed by atoms with Crippen molar-refractivity contribution in [2.45, 2.75) is 13.3 Å². The average Bonchev–Trinajstić information content (AvgIpc) is 3.36. The van der Waals surface area contributed by atoms with E-state index in [0.29, 0.717) is 24.2 Å². The molecule has 6 heteroatoms. The lowest BCUT2D eigenvalue weighted by atomic mass is 10.1. The third-order valence-corrected chi connectivity index (χ3v) is 5.93. The Balaban J connectivity index is 1.58. The van der Waals surface area contributed by atoms with Gasteiger partial charge >= 0.3 is 0 Å². The molecule has 2 amide bonds. The van der Waals surface area contributed by atoms with Crippen LogP contribution in [0, 0.1) is 6.92 Å². The van der Waals surface area contributed by atoms with Gasteiger partial charge in [0.1, 0.15) is 11.4 Å². The summed E-state index contributed by atoms with van der Waals surface area (Å²) in [7, 11) is 1.62. The average molecular weight is 419 g/mol. The van der Waals surface area contributed by atoms with Gasteiger partial charge in [-0.1, -0.05) is 35.9 Å². The van der Waals surface area contributed by atoms with Crippen LogP contribution in [-0.4, -0.2) is 30.4 Å². The maximum Gasteiger partial charge on any atom is 0.278 e. The number of carbonyl (C=O) groups is 2. The highest BCUT2D eigenvalue weighted by atomic mass is 32.1. The Kier molecular flexibility index (Phi) is 5.68. The van der Waals surface area contributed by atoms with Crippen molar-refractivity contribution in [3.05, 3.63) is 87.7 Å². The minimum absolute atomic E-state index is 0.259. The zero-order valence-electron chi connectivity index (χ0n) is 16.8. The minimum atomic E-state index is -0.294. The number of benzene rings is 2. The maximum atomic E-state index is 13.2. The summed E-state index contributed by atoms with van der Waals surface area (Å²) >= 11 is 1.45. The molecule has 3 aromatic rings. The molecule has 152 valence electrons. The van der Waals surface area contributed by atoms with Gasteiger partial charge in [0.25, 0.3) is 11.8 Å². The van der Waals surface area contributed by atoms with Crippen LogP contribution in [0.4, 0.5) is 5.69 Å². The molecule has 1 N–H and O–H groups in total. The van der Waals surface area contributed by atoms with Crippen molar-refractivity contribution in [3.63, 3.8) is 0 Å². The Labute approximate surface area is 179 Å². The van der Waals surface area contributed by atoms with Crippen molar-refractivity contribution in [2.24, 2.45) is 0 Å². The van der Waals surface area contributed by atoms with Crippen molar-refractivity contribution >= 4 is 34.4 Å². The molecule has 2 aromatic carbocycles. The van der Waals surface area contributed by atoms with E-state index in [2.05, 4.69) is 5.32 Å². The predicted molar refractivity (Wildman–Crippen MR) is 119 cm³/mol. The number of imide groups is 1. The Morgan fingerprint density at radius 2 is 1.70 bits per heavy atom. The van der Waals surface area contributed by atoms with Gasteiger partial charge in [-0.05, 0) is 54.6 Å². The van der Waals surface area contributed by atoms with Crippen LogP contribution in [0.2, 0.25) is 0 Å². The van der Waals surface area contributed by atoms with Gasteiger partial charge in [0.15, 0.2) is 0 Å². The number of ether oxygens (including phenoxy) is 1. The van der Waals surface area contributed by atoms with E-state index in [-0.39, 0.29) is 11.8 Å². The van der Waals surface area contributed by atoms with E-state index in [1.54, 1.807) is 7.11 Å². The second-order valence-electron chi connectivity index (χ2n) is 7.08. The molecule has 0 fully saturated rings. The molecule has 2 heterocycles. The summed E-state index contributed by atoms with van der Waals surface area (Å²) in [4.78, 5) is 28.5. The molecule has 0 saturated heterocycles. The maximum absolute atomic E-state index is 13.2. The Bertz CT molecular complexity index is 1080. The summed E-state index contributed by atoms with van der Waals surface area (Å²) in [6.07, 6.45) is 0.580. The number of amides is 2. The van der Waals surface area contributed by atoms with Crippen LogP contribution in [0.5, 0.6) is 5.75 Å². The highest BCUT2D eigenvalue weighted by Gasteiger charge is 2.39. The third-order valence-electron chi connectivity index (χ3n) is 5.04. The molecule has 1 aliphatic heterocycles. The molecule has 1 aromatic heterocycles. The zero-order chi connectivity index (χ0) is 21.1. The quantitative estimate of drug-likeness (QED) is 0.574. The molecule has 1 aliphatic rings. The van der Waals surface area contributed by atoms with Gasteiger partial charge in [0, 0.05) is 17.1 Å². The van der Waals surface area contributed by atoms with Crippen molar-refractivity contribution < 1.29 is 14.3 Å². The van der Waals surface area contributed by atoms with Gasteiger partial charge in [0.05, 0.1) is 12.7 Å². The monoisotopic (exact) mass is 418 g/mol. The summed E-state index contributed by atoms with van der Waals surface area (Å²) in [5.74, 6) is 0.223. The smallest absolute Gasteiger partial charge is 0.278 e. The number of anilines is 1. The molecule has 0 atom stereocenters. The molecule has 0 radical (unpaired) electrons. The van der Waals surface area contributed by atoms with Crippen molar-refractivity contribution in [2.75, 3.05) is 19.0 Å².